The van der Waals surface area contributed by atoms with Gasteiger partial charge in [0.2, 0.25) is 5.88 Å². The highest BCUT2D eigenvalue weighted by Crippen LogP contribution is 2.22. The van der Waals surface area contributed by atoms with Crippen LogP contribution in [0.2, 0.25) is 0 Å². The normalized spacial score (nSPS) is 9.65. The highest BCUT2D eigenvalue weighted by atomic mass is 16.5. The molecule has 0 aliphatic carbocycles. The summed E-state index contributed by atoms with van der Waals surface area (Å²) in [6.45, 7) is 1.78. The van der Waals surface area contributed by atoms with Crippen LogP contribution < -0.4 is 4.74 Å². The molecule has 0 saturated carbocycles. The number of ether oxygens (including phenoxy) is 2. The minimum Gasteiger partial charge on any atom is -0.465 e. The van der Waals surface area contributed by atoms with Crippen LogP contribution in [0.5, 0.6) is 11.6 Å². The van der Waals surface area contributed by atoms with Crippen molar-refractivity contribution in [2.45, 2.75) is 6.92 Å². The van der Waals surface area contributed by atoms with E-state index in [1.54, 1.807) is 37.3 Å². The van der Waals surface area contributed by atoms with E-state index in [1.807, 2.05) is 6.07 Å². The Labute approximate surface area is 116 Å². The van der Waals surface area contributed by atoms with Gasteiger partial charge in [-0.1, -0.05) is 6.07 Å². The average molecular weight is 268 g/mol. The van der Waals surface area contributed by atoms with E-state index in [-0.39, 0.29) is 0 Å². The molecular formula is C15H12N2O3. The predicted molar refractivity (Wildman–Crippen MR) is 71.5 cm³/mol. The first-order valence-corrected chi connectivity index (χ1v) is 5.87. The molecule has 0 aliphatic rings. The Kier molecular flexibility index (Phi) is 3.96. The fourth-order valence-corrected chi connectivity index (χ4v) is 1.68. The van der Waals surface area contributed by atoms with Crippen LogP contribution >= 0.6 is 0 Å². The molecule has 1 aromatic carbocycles. The molecule has 0 fully saturated rings. The summed E-state index contributed by atoms with van der Waals surface area (Å²) in [6.07, 6.45) is 0. The Hall–Kier alpha value is -2.87. The highest BCUT2D eigenvalue weighted by molar-refractivity contribution is 5.89. The largest absolute Gasteiger partial charge is 0.465 e. The molecule has 20 heavy (non-hydrogen) atoms. The number of benzene rings is 1. The van der Waals surface area contributed by atoms with Gasteiger partial charge < -0.3 is 9.47 Å². The smallest absolute Gasteiger partial charge is 0.337 e. The first-order chi connectivity index (χ1) is 9.62. The molecule has 2 rings (SSSR count). The Morgan fingerprint density at radius 3 is 2.80 bits per heavy atom. The molecule has 100 valence electrons. The van der Waals surface area contributed by atoms with Crippen molar-refractivity contribution in [3.8, 4) is 17.7 Å². The minimum atomic E-state index is -0.439. The van der Waals surface area contributed by atoms with E-state index < -0.39 is 5.97 Å². The van der Waals surface area contributed by atoms with E-state index in [0.29, 0.717) is 28.5 Å². The topological polar surface area (TPSA) is 72.2 Å². The zero-order valence-electron chi connectivity index (χ0n) is 11.1. The molecule has 2 aromatic rings. The summed E-state index contributed by atoms with van der Waals surface area (Å²) in [5.74, 6) is 0.323. The van der Waals surface area contributed by atoms with Crippen LogP contribution in [0.4, 0.5) is 0 Å². The van der Waals surface area contributed by atoms with Crippen molar-refractivity contribution in [3.05, 3.63) is 53.2 Å². The van der Waals surface area contributed by atoms with E-state index >= 15 is 0 Å². The fraction of sp³-hybridized carbons (Fsp3) is 0.133. The summed E-state index contributed by atoms with van der Waals surface area (Å²) in [5, 5.41) is 8.91. The first-order valence-electron chi connectivity index (χ1n) is 5.87. The second-order valence-electron chi connectivity index (χ2n) is 4.07. The molecule has 0 aliphatic heterocycles. The SMILES string of the molecule is COC(=O)c1cccc(Oc2cc(C#N)cc(C)n2)c1. The van der Waals surface area contributed by atoms with E-state index in [1.165, 1.54) is 13.2 Å². The lowest BCUT2D eigenvalue weighted by atomic mass is 10.2. The molecule has 0 atom stereocenters. The lowest BCUT2D eigenvalue weighted by Gasteiger charge is -2.07. The minimum absolute atomic E-state index is 0.309. The zero-order chi connectivity index (χ0) is 14.5. The number of aryl methyl sites for hydroxylation is 1. The lowest BCUT2D eigenvalue weighted by Crippen LogP contribution is -2.01. The Morgan fingerprint density at radius 1 is 1.30 bits per heavy atom. The lowest BCUT2D eigenvalue weighted by molar-refractivity contribution is 0.0600. The van der Waals surface area contributed by atoms with Crippen molar-refractivity contribution in [3.63, 3.8) is 0 Å². The van der Waals surface area contributed by atoms with Gasteiger partial charge in [-0.25, -0.2) is 9.78 Å². The highest BCUT2D eigenvalue weighted by Gasteiger charge is 2.08. The number of esters is 1. The maximum Gasteiger partial charge on any atom is 0.337 e. The standard InChI is InChI=1S/C15H12N2O3/c1-10-6-11(9-16)7-14(17-10)20-13-5-3-4-12(8-13)15(18)19-2/h3-8H,1-2H3. The van der Waals surface area contributed by atoms with Gasteiger partial charge in [-0.2, -0.15) is 5.26 Å². The van der Waals surface area contributed by atoms with Crippen LogP contribution in [0.15, 0.2) is 36.4 Å². The average Bonchev–Trinajstić information content (AvgIpc) is 2.46. The number of carbonyl (C=O) groups excluding carboxylic acids is 1. The molecular weight excluding hydrogens is 256 g/mol. The number of rotatable bonds is 3. The molecule has 1 heterocycles. The third-order valence-electron chi connectivity index (χ3n) is 2.54. The second kappa shape index (κ2) is 5.85. The second-order valence-corrected chi connectivity index (χ2v) is 4.07. The third kappa shape index (κ3) is 3.12. The van der Waals surface area contributed by atoms with Gasteiger partial charge in [-0.15, -0.1) is 0 Å². The van der Waals surface area contributed by atoms with E-state index in [0.717, 1.165) is 0 Å². The Bertz CT molecular complexity index is 690. The maximum absolute atomic E-state index is 11.4. The number of aromatic nitrogens is 1. The van der Waals surface area contributed by atoms with Gasteiger partial charge in [-0.05, 0) is 31.2 Å². The summed E-state index contributed by atoms with van der Waals surface area (Å²) in [7, 11) is 1.32. The van der Waals surface area contributed by atoms with E-state index in [2.05, 4.69) is 9.72 Å². The maximum atomic E-state index is 11.4. The number of carbonyl (C=O) groups is 1. The molecule has 0 N–H and O–H groups in total. The quantitative estimate of drug-likeness (QED) is 0.800. The molecule has 0 spiro atoms. The van der Waals surface area contributed by atoms with Crippen molar-refractivity contribution in [2.75, 3.05) is 7.11 Å². The van der Waals surface area contributed by atoms with Crippen molar-refractivity contribution >= 4 is 5.97 Å². The molecule has 0 bridgehead atoms. The Morgan fingerprint density at radius 2 is 2.10 bits per heavy atom. The van der Waals surface area contributed by atoms with Gasteiger partial charge in [0.1, 0.15) is 5.75 Å². The summed E-state index contributed by atoms with van der Waals surface area (Å²) in [5.41, 5.74) is 1.54. The molecule has 0 unspecified atom stereocenters. The van der Waals surface area contributed by atoms with Crippen LogP contribution in [0.3, 0.4) is 0 Å². The van der Waals surface area contributed by atoms with Crippen molar-refractivity contribution < 1.29 is 14.3 Å². The number of nitrogens with zero attached hydrogens (tertiary/aromatic N) is 2. The molecule has 0 radical (unpaired) electrons. The van der Waals surface area contributed by atoms with Gasteiger partial charge in [0.25, 0.3) is 0 Å². The molecule has 1 aromatic heterocycles. The molecule has 5 heteroatoms. The number of hydrogen-bond donors (Lipinski definition) is 0. The number of methoxy groups -OCH3 is 1. The molecule has 0 saturated heterocycles. The predicted octanol–water partition coefficient (Wildman–Crippen LogP) is 2.84. The van der Waals surface area contributed by atoms with Crippen molar-refractivity contribution in [1.82, 2.24) is 4.98 Å². The van der Waals surface area contributed by atoms with Gasteiger partial charge >= 0.3 is 5.97 Å². The number of hydrogen-bond acceptors (Lipinski definition) is 5. The van der Waals surface area contributed by atoms with Gasteiger partial charge in [0, 0.05) is 11.8 Å². The van der Waals surface area contributed by atoms with Gasteiger partial charge in [0.05, 0.1) is 24.3 Å². The van der Waals surface area contributed by atoms with Crippen LogP contribution in [0, 0.1) is 18.3 Å². The van der Waals surface area contributed by atoms with Crippen molar-refractivity contribution in [1.29, 1.82) is 5.26 Å². The van der Waals surface area contributed by atoms with Crippen LogP contribution in [0.1, 0.15) is 21.6 Å². The van der Waals surface area contributed by atoms with Gasteiger partial charge in [-0.3, -0.25) is 0 Å². The van der Waals surface area contributed by atoms with Gasteiger partial charge in [0.15, 0.2) is 0 Å². The van der Waals surface area contributed by atoms with E-state index in [4.69, 9.17) is 10.00 Å². The number of pyridine rings is 1. The zero-order valence-corrected chi connectivity index (χ0v) is 11.1. The van der Waals surface area contributed by atoms with Crippen LogP contribution in [0.25, 0.3) is 0 Å². The van der Waals surface area contributed by atoms with Crippen LogP contribution in [-0.2, 0) is 4.74 Å². The first kappa shape index (κ1) is 13.6. The summed E-state index contributed by atoms with van der Waals surface area (Å²) >= 11 is 0. The summed E-state index contributed by atoms with van der Waals surface area (Å²) < 4.78 is 10.2. The van der Waals surface area contributed by atoms with Crippen LogP contribution in [-0.4, -0.2) is 18.1 Å². The summed E-state index contributed by atoms with van der Waals surface area (Å²) in [4.78, 5) is 15.6. The Balaban J connectivity index is 2.28. The monoisotopic (exact) mass is 268 g/mol. The van der Waals surface area contributed by atoms with E-state index in [9.17, 15) is 4.79 Å². The summed E-state index contributed by atoms with van der Waals surface area (Å²) in [6, 6.07) is 11.8. The van der Waals surface area contributed by atoms with Crippen molar-refractivity contribution in [2.24, 2.45) is 0 Å². The molecule has 5 nitrogen and oxygen atoms in total. The third-order valence-corrected chi connectivity index (χ3v) is 2.54. The fourth-order valence-electron chi connectivity index (χ4n) is 1.68. The number of nitriles is 1. The molecule has 0 amide bonds.